The number of hydrogen-bond donors (Lipinski definition) is 1. The number of aliphatic hydroxyl groups excluding tert-OH is 1. The van der Waals surface area contributed by atoms with Crippen molar-refractivity contribution >= 4 is 17.5 Å². The summed E-state index contributed by atoms with van der Waals surface area (Å²) in [5, 5.41) is 9.81. The van der Waals surface area contributed by atoms with Gasteiger partial charge in [-0.3, -0.25) is 4.79 Å². The van der Waals surface area contributed by atoms with Gasteiger partial charge in [-0.1, -0.05) is 11.6 Å². The number of rotatable bonds is 2. The van der Waals surface area contributed by atoms with Crippen LogP contribution in [0, 0.1) is 18.7 Å². The number of amides is 1. The number of carbonyl (C=O) groups excluding carboxylic acids is 1. The van der Waals surface area contributed by atoms with E-state index in [1.807, 2.05) is 0 Å². The second kappa shape index (κ2) is 6.10. The first-order valence-electron chi connectivity index (χ1n) is 6.83. The largest absolute Gasteiger partial charge is 0.393 e. The first-order valence-corrected chi connectivity index (χ1v) is 7.21. The summed E-state index contributed by atoms with van der Waals surface area (Å²) >= 11 is 5.98. The molecule has 1 amide bonds. The number of hydrogen-bond acceptors (Lipinski definition) is 2. The van der Waals surface area contributed by atoms with Crippen molar-refractivity contribution in [3.05, 3.63) is 34.1 Å². The molecule has 2 atom stereocenters. The zero-order chi connectivity index (χ0) is 14.9. The number of piperidine rings is 1. The van der Waals surface area contributed by atoms with Crippen LogP contribution in [0.1, 0.15) is 35.7 Å². The molecular formula is C15H19ClFNO2. The number of aliphatic hydroxyl groups is 1. The van der Waals surface area contributed by atoms with E-state index < -0.39 is 11.9 Å². The molecule has 3 nitrogen and oxygen atoms in total. The van der Waals surface area contributed by atoms with E-state index in [1.54, 1.807) is 18.7 Å². The second-order valence-corrected chi connectivity index (χ2v) is 5.88. The zero-order valence-electron chi connectivity index (χ0n) is 11.7. The molecular weight excluding hydrogens is 281 g/mol. The molecule has 1 N–H and O–H groups in total. The number of likely N-dealkylation sites (tertiary alicyclic amines) is 1. The van der Waals surface area contributed by atoms with Gasteiger partial charge in [-0.25, -0.2) is 4.39 Å². The Balaban J connectivity index is 2.21. The highest BCUT2D eigenvalue weighted by atomic mass is 35.5. The fourth-order valence-electron chi connectivity index (χ4n) is 2.58. The van der Waals surface area contributed by atoms with Gasteiger partial charge in [0.1, 0.15) is 5.82 Å². The summed E-state index contributed by atoms with van der Waals surface area (Å²) in [6.45, 7) is 4.52. The third-order valence-corrected chi connectivity index (χ3v) is 4.22. The summed E-state index contributed by atoms with van der Waals surface area (Å²) in [4.78, 5) is 14.2. The Morgan fingerprint density at radius 3 is 2.90 bits per heavy atom. The molecule has 0 radical (unpaired) electrons. The molecule has 0 aliphatic carbocycles. The van der Waals surface area contributed by atoms with Crippen molar-refractivity contribution in [3.8, 4) is 0 Å². The molecule has 0 aromatic heterocycles. The Morgan fingerprint density at radius 1 is 1.55 bits per heavy atom. The van der Waals surface area contributed by atoms with Crippen LogP contribution in [-0.2, 0) is 0 Å². The van der Waals surface area contributed by atoms with E-state index >= 15 is 0 Å². The average molecular weight is 300 g/mol. The molecule has 1 aromatic rings. The summed E-state index contributed by atoms with van der Waals surface area (Å²) in [6, 6.07) is 2.67. The third-order valence-electron chi connectivity index (χ3n) is 3.91. The monoisotopic (exact) mass is 299 g/mol. The number of halogens is 2. The van der Waals surface area contributed by atoms with Crippen molar-refractivity contribution in [1.29, 1.82) is 0 Å². The molecule has 1 aliphatic rings. The average Bonchev–Trinajstić information content (AvgIpc) is 2.42. The minimum atomic E-state index is -0.434. The lowest BCUT2D eigenvalue weighted by Crippen LogP contribution is -2.43. The maximum Gasteiger partial charge on any atom is 0.255 e. The Morgan fingerprint density at radius 2 is 2.25 bits per heavy atom. The molecule has 1 saturated heterocycles. The van der Waals surface area contributed by atoms with E-state index in [0.29, 0.717) is 24.2 Å². The molecule has 1 fully saturated rings. The molecule has 2 unspecified atom stereocenters. The summed E-state index contributed by atoms with van der Waals surface area (Å²) in [5.74, 6) is -0.511. The van der Waals surface area contributed by atoms with E-state index in [2.05, 4.69) is 0 Å². The summed E-state index contributed by atoms with van der Waals surface area (Å²) in [6.07, 6.45) is 1.34. The third kappa shape index (κ3) is 3.13. The van der Waals surface area contributed by atoms with Crippen LogP contribution >= 0.6 is 11.6 Å². The molecule has 1 heterocycles. The molecule has 2 rings (SSSR count). The highest BCUT2D eigenvalue weighted by Crippen LogP contribution is 2.25. The van der Waals surface area contributed by atoms with Crippen LogP contribution in [0.15, 0.2) is 12.1 Å². The van der Waals surface area contributed by atoms with Crippen LogP contribution in [0.25, 0.3) is 0 Å². The van der Waals surface area contributed by atoms with Gasteiger partial charge in [0, 0.05) is 19.0 Å². The molecule has 0 saturated carbocycles. The van der Waals surface area contributed by atoms with E-state index in [1.165, 1.54) is 12.1 Å². The predicted molar refractivity (Wildman–Crippen MR) is 76.5 cm³/mol. The van der Waals surface area contributed by atoms with E-state index in [9.17, 15) is 14.3 Å². The summed E-state index contributed by atoms with van der Waals surface area (Å²) in [5.41, 5.74) is 0.735. The van der Waals surface area contributed by atoms with Crippen molar-refractivity contribution in [3.63, 3.8) is 0 Å². The highest BCUT2D eigenvalue weighted by molar-refractivity contribution is 6.33. The lowest BCUT2D eigenvalue weighted by molar-refractivity contribution is 0.0466. The predicted octanol–water partition coefficient (Wildman–Crippen LogP) is 3.02. The van der Waals surface area contributed by atoms with Crippen molar-refractivity contribution < 1.29 is 14.3 Å². The Bertz CT molecular complexity index is 519. The van der Waals surface area contributed by atoms with Gasteiger partial charge in [-0.05, 0) is 44.4 Å². The van der Waals surface area contributed by atoms with Crippen molar-refractivity contribution in [2.45, 2.75) is 32.8 Å². The van der Waals surface area contributed by atoms with Crippen molar-refractivity contribution in [2.75, 3.05) is 13.1 Å². The zero-order valence-corrected chi connectivity index (χ0v) is 12.5. The van der Waals surface area contributed by atoms with Crippen molar-refractivity contribution in [2.24, 2.45) is 5.92 Å². The van der Waals surface area contributed by atoms with Crippen molar-refractivity contribution in [1.82, 2.24) is 4.90 Å². The summed E-state index contributed by atoms with van der Waals surface area (Å²) < 4.78 is 13.4. The Hall–Kier alpha value is -1.13. The normalized spacial score (nSPS) is 20.9. The van der Waals surface area contributed by atoms with E-state index in [0.717, 1.165) is 12.8 Å². The van der Waals surface area contributed by atoms with E-state index in [4.69, 9.17) is 11.6 Å². The van der Waals surface area contributed by atoms with Crippen LogP contribution in [0.3, 0.4) is 0 Å². The van der Waals surface area contributed by atoms with Gasteiger partial charge in [0.2, 0.25) is 0 Å². The lowest BCUT2D eigenvalue weighted by Gasteiger charge is -2.34. The molecule has 110 valence electrons. The van der Waals surface area contributed by atoms with Gasteiger partial charge in [0.15, 0.2) is 0 Å². The number of nitrogens with zero attached hydrogens (tertiary/aromatic N) is 1. The lowest BCUT2D eigenvalue weighted by atomic mass is 9.93. The second-order valence-electron chi connectivity index (χ2n) is 5.48. The maximum absolute atomic E-state index is 13.4. The minimum Gasteiger partial charge on any atom is -0.393 e. The van der Waals surface area contributed by atoms with Crippen LogP contribution in [0.2, 0.25) is 5.02 Å². The fourth-order valence-corrected chi connectivity index (χ4v) is 2.81. The van der Waals surface area contributed by atoms with Gasteiger partial charge in [-0.2, -0.15) is 0 Å². The number of benzene rings is 1. The van der Waals surface area contributed by atoms with Crippen LogP contribution in [-0.4, -0.2) is 35.1 Å². The molecule has 1 aliphatic heterocycles. The number of aryl methyl sites for hydroxylation is 1. The molecule has 0 spiro atoms. The Labute approximate surface area is 123 Å². The highest BCUT2D eigenvalue weighted by Gasteiger charge is 2.28. The smallest absolute Gasteiger partial charge is 0.255 e. The topological polar surface area (TPSA) is 40.5 Å². The quantitative estimate of drug-likeness (QED) is 0.912. The Kier molecular flexibility index (Phi) is 4.66. The number of carbonyl (C=O) groups is 1. The van der Waals surface area contributed by atoms with Gasteiger partial charge in [-0.15, -0.1) is 0 Å². The van der Waals surface area contributed by atoms with Crippen LogP contribution < -0.4 is 0 Å². The standard InChI is InChI=1S/C15H19ClFNO2/c1-9-6-12(13(16)7-14(9)17)15(20)18-5-3-4-11(8-18)10(2)19/h6-7,10-11,19H,3-5,8H2,1-2H3. The molecule has 5 heteroatoms. The van der Waals surface area contributed by atoms with Crippen LogP contribution in [0.4, 0.5) is 4.39 Å². The van der Waals surface area contributed by atoms with Gasteiger partial charge in [0.25, 0.3) is 5.91 Å². The minimum absolute atomic E-state index is 0.0908. The fraction of sp³-hybridized carbons (Fsp3) is 0.533. The molecule has 1 aromatic carbocycles. The first-order chi connectivity index (χ1) is 9.40. The van der Waals surface area contributed by atoms with Gasteiger partial charge in [0.05, 0.1) is 16.7 Å². The first kappa shape index (κ1) is 15.3. The molecule has 0 bridgehead atoms. The molecule has 20 heavy (non-hydrogen) atoms. The van der Waals surface area contributed by atoms with Gasteiger partial charge >= 0.3 is 0 Å². The SMILES string of the molecule is Cc1cc(C(=O)N2CCCC(C(C)O)C2)c(Cl)cc1F. The maximum atomic E-state index is 13.4. The van der Waals surface area contributed by atoms with Gasteiger partial charge < -0.3 is 10.0 Å². The summed E-state index contributed by atoms with van der Waals surface area (Å²) in [7, 11) is 0. The van der Waals surface area contributed by atoms with E-state index in [-0.39, 0.29) is 16.8 Å². The van der Waals surface area contributed by atoms with Crippen LogP contribution in [0.5, 0.6) is 0 Å².